The number of nitrogens with one attached hydrogen (secondary N) is 2. The number of rotatable bonds is 6. The van der Waals surface area contributed by atoms with Crippen molar-refractivity contribution in [2.75, 3.05) is 5.32 Å². The van der Waals surface area contributed by atoms with E-state index < -0.39 is 23.6 Å². The number of hydrogen-bond acceptors (Lipinski definition) is 3. The van der Waals surface area contributed by atoms with Gasteiger partial charge in [-0.05, 0) is 23.3 Å². The number of carbonyl (C=O) groups excluding carboxylic acids is 1. The SMILES string of the molecule is N#C/C(=C/Nc1ccc(F)cc1F)C(=O)NC(c1ccccc1)c1ccccc1. The Kier molecular flexibility index (Phi) is 6.33. The lowest BCUT2D eigenvalue weighted by atomic mass is 9.98. The van der Waals surface area contributed by atoms with Gasteiger partial charge in [0.25, 0.3) is 5.91 Å². The number of amides is 1. The molecule has 6 heteroatoms. The molecular formula is C23H17F2N3O. The first-order chi connectivity index (χ1) is 14.1. The molecule has 4 nitrogen and oxygen atoms in total. The molecule has 0 aliphatic rings. The maximum absolute atomic E-state index is 13.7. The lowest BCUT2D eigenvalue weighted by Crippen LogP contribution is -2.30. The fourth-order valence-electron chi connectivity index (χ4n) is 2.76. The van der Waals surface area contributed by atoms with Crippen molar-refractivity contribution >= 4 is 11.6 Å². The highest BCUT2D eigenvalue weighted by Gasteiger charge is 2.19. The van der Waals surface area contributed by atoms with E-state index in [1.54, 1.807) is 6.07 Å². The Morgan fingerprint density at radius 3 is 2.03 bits per heavy atom. The van der Waals surface area contributed by atoms with Crippen LogP contribution in [0.15, 0.2) is 90.6 Å². The van der Waals surface area contributed by atoms with E-state index in [0.29, 0.717) is 6.07 Å². The summed E-state index contributed by atoms with van der Waals surface area (Å²) >= 11 is 0. The van der Waals surface area contributed by atoms with Gasteiger partial charge in [0, 0.05) is 12.3 Å². The van der Waals surface area contributed by atoms with Crippen molar-refractivity contribution < 1.29 is 13.6 Å². The Morgan fingerprint density at radius 2 is 1.52 bits per heavy atom. The van der Waals surface area contributed by atoms with E-state index in [2.05, 4.69) is 10.6 Å². The minimum atomic E-state index is -0.828. The van der Waals surface area contributed by atoms with E-state index >= 15 is 0 Å². The molecule has 0 aliphatic carbocycles. The van der Waals surface area contributed by atoms with E-state index in [0.717, 1.165) is 23.4 Å². The van der Waals surface area contributed by atoms with Crippen LogP contribution in [0.5, 0.6) is 0 Å². The summed E-state index contributed by atoms with van der Waals surface area (Å²) in [7, 11) is 0. The molecule has 0 bridgehead atoms. The van der Waals surface area contributed by atoms with Crippen LogP contribution in [0.1, 0.15) is 17.2 Å². The smallest absolute Gasteiger partial charge is 0.264 e. The average molecular weight is 389 g/mol. The first-order valence-electron chi connectivity index (χ1n) is 8.81. The van der Waals surface area contributed by atoms with E-state index in [4.69, 9.17) is 0 Å². The second-order valence-electron chi connectivity index (χ2n) is 6.17. The summed E-state index contributed by atoms with van der Waals surface area (Å²) < 4.78 is 26.8. The highest BCUT2D eigenvalue weighted by Crippen LogP contribution is 2.22. The molecule has 0 unspecified atom stereocenters. The third-order valence-corrected chi connectivity index (χ3v) is 4.21. The number of nitrogens with zero attached hydrogens (tertiary/aromatic N) is 1. The Bertz CT molecular complexity index is 1020. The molecule has 0 fully saturated rings. The maximum atomic E-state index is 13.7. The van der Waals surface area contributed by atoms with Gasteiger partial charge in [-0.2, -0.15) is 5.26 Å². The van der Waals surface area contributed by atoms with Crippen LogP contribution in [0.2, 0.25) is 0 Å². The lowest BCUT2D eigenvalue weighted by molar-refractivity contribution is -0.117. The highest BCUT2D eigenvalue weighted by molar-refractivity contribution is 5.98. The molecule has 0 aromatic heterocycles. The molecule has 29 heavy (non-hydrogen) atoms. The lowest BCUT2D eigenvalue weighted by Gasteiger charge is -2.19. The van der Waals surface area contributed by atoms with Crippen LogP contribution in [-0.2, 0) is 4.79 Å². The Labute approximate surface area is 167 Å². The average Bonchev–Trinajstić information content (AvgIpc) is 2.75. The molecule has 3 aromatic carbocycles. The summed E-state index contributed by atoms with van der Waals surface area (Å²) in [5.41, 5.74) is 1.41. The van der Waals surface area contributed by atoms with Crippen LogP contribution in [0.25, 0.3) is 0 Å². The fourth-order valence-corrected chi connectivity index (χ4v) is 2.76. The highest BCUT2D eigenvalue weighted by atomic mass is 19.1. The molecule has 0 saturated carbocycles. The topological polar surface area (TPSA) is 64.9 Å². The van der Waals surface area contributed by atoms with E-state index in [9.17, 15) is 18.8 Å². The number of halogens is 2. The van der Waals surface area contributed by atoms with Crippen LogP contribution in [-0.4, -0.2) is 5.91 Å². The molecule has 0 atom stereocenters. The Hall–Kier alpha value is -3.98. The van der Waals surface area contributed by atoms with Gasteiger partial charge in [-0.15, -0.1) is 0 Å². The van der Waals surface area contributed by atoms with Crippen molar-refractivity contribution in [1.29, 1.82) is 5.26 Å². The van der Waals surface area contributed by atoms with Gasteiger partial charge in [0.05, 0.1) is 11.7 Å². The number of carbonyl (C=O) groups is 1. The van der Waals surface area contributed by atoms with Gasteiger partial charge in [0.2, 0.25) is 0 Å². The van der Waals surface area contributed by atoms with Gasteiger partial charge >= 0.3 is 0 Å². The zero-order valence-corrected chi connectivity index (χ0v) is 15.3. The van der Waals surface area contributed by atoms with Gasteiger partial charge < -0.3 is 10.6 Å². The minimum Gasteiger partial charge on any atom is -0.358 e. The standard InChI is InChI=1S/C23H17F2N3O/c24-19-11-12-21(20(25)13-19)27-15-18(14-26)23(29)28-22(16-7-3-1-4-8-16)17-9-5-2-6-10-17/h1-13,15,22,27H,(H,28,29)/b18-15-. The molecule has 3 rings (SSSR count). The van der Waals surface area contributed by atoms with Crippen LogP contribution < -0.4 is 10.6 Å². The third kappa shape index (κ3) is 5.05. The summed E-state index contributed by atoms with van der Waals surface area (Å²) in [5, 5.41) is 14.7. The first kappa shape index (κ1) is 19.8. The summed E-state index contributed by atoms with van der Waals surface area (Å²) in [4.78, 5) is 12.7. The van der Waals surface area contributed by atoms with Crippen molar-refractivity contribution in [1.82, 2.24) is 5.32 Å². The van der Waals surface area contributed by atoms with E-state index in [1.807, 2.05) is 60.7 Å². The van der Waals surface area contributed by atoms with Crippen molar-refractivity contribution in [3.05, 3.63) is 113 Å². The van der Waals surface area contributed by atoms with Crippen molar-refractivity contribution in [3.8, 4) is 6.07 Å². The largest absolute Gasteiger partial charge is 0.358 e. The fraction of sp³-hybridized carbons (Fsp3) is 0.0435. The monoisotopic (exact) mass is 389 g/mol. The van der Waals surface area contributed by atoms with Crippen LogP contribution in [0.4, 0.5) is 14.5 Å². The number of nitriles is 1. The van der Waals surface area contributed by atoms with Gasteiger partial charge in [-0.1, -0.05) is 60.7 Å². The van der Waals surface area contributed by atoms with Gasteiger partial charge in [-0.25, -0.2) is 8.78 Å². The number of benzene rings is 3. The van der Waals surface area contributed by atoms with Crippen LogP contribution in [0, 0.1) is 23.0 Å². The van der Waals surface area contributed by atoms with Crippen molar-refractivity contribution in [2.24, 2.45) is 0 Å². The third-order valence-electron chi connectivity index (χ3n) is 4.21. The van der Waals surface area contributed by atoms with Gasteiger partial charge in [0.1, 0.15) is 23.3 Å². The summed E-state index contributed by atoms with van der Waals surface area (Å²) in [6.45, 7) is 0. The van der Waals surface area contributed by atoms with Crippen molar-refractivity contribution in [3.63, 3.8) is 0 Å². The first-order valence-corrected chi connectivity index (χ1v) is 8.81. The van der Waals surface area contributed by atoms with Crippen LogP contribution in [0.3, 0.4) is 0 Å². The minimum absolute atomic E-state index is 0.0466. The molecule has 1 amide bonds. The summed E-state index contributed by atoms with van der Waals surface area (Å²) in [6, 6.07) is 23.0. The Morgan fingerprint density at radius 1 is 0.931 bits per heavy atom. The zero-order valence-electron chi connectivity index (χ0n) is 15.3. The predicted molar refractivity (Wildman–Crippen MR) is 107 cm³/mol. The van der Waals surface area contributed by atoms with Crippen molar-refractivity contribution in [2.45, 2.75) is 6.04 Å². The maximum Gasteiger partial charge on any atom is 0.264 e. The summed E-state index contributed by atoms with van der Waals surface area (Å²) in [6.07, 6.45) is 1.10. The molecule has 0 heterocycles. The zero-order chi connectivity index (χ0) is 20.6. The van der Waals surface area contributed by atoms with Gasteiger partial charge in [-0.3, -0.25) is 4.79 Å². The van der Waals surface area contributed by atoms with Gasteiger partial charge in [0.15, 0.2) is 0 Å². The molecule has 0 radical (unpaired) electrons. The Balaban J connectivity index is 1.83. The molecule has 0 aliphatic heterocycles. The molecule has 0 saturated heterocycles. The normalized spacial score (nSPS) is 11.0. The number of hydrogen-bond donors (Lipinski definition) is 2. The van der Waals surface area contributed by atoms with Crippen LogP contribution >= 0.6 is 0 Å². The quantitative estimate of drug-likeness (QED) is 0.475. The van der Waals surface area contributed by atoms with E-state index in [1.165, 1.54) is 6.07 Å². The molecule has 0 spiro atoms. The number of anilines is 1. The second kappa shape index (κ2) is 9.29. The molecule has 144 valence electrons. The predicted octanol–water partition coefficient (Wildman–Crippen LogP) is 4.69. The van der Waals surface area contributed by atoms with E-state index in [-0.39, 0.29) is 11.3 Å². The molecular weight excluding hydrogens is 372 g/mol. The molecule has 2 N–H and O–H groups in total. The summed E-state index contributed by atoms with van der Waals surface area (Å²) in [5.74, 6) is -2.17. The molecule has 3 aromatic rings. The second-order valence-corrected chi connectivity index (χ2v) is 6.17.